The Labute approximate surface area is 106 Å². The van der Waals surface area contributed by atoms with Gasteiger partial charge in [0, 0.05) is 24.1 Å². The molecule has 1 aromatic carbocycles. The highest BCUT2D eigenvalue weighted by atomic mass is 79.9. The Balaban J connectivity index is 1.96. The number of nitrogens with zero attached hydrogens (tertiary/aromatic N) is 1. The molecule has 1 saturated heterocycles. The van der Waals surface area contributed by atoms with E-state index in [0.29, 0.717) is 12.2 Å². The molecular formula is C13H18BrNO. The Hall–Kier alpha value is -0.380. The SMILES string of the molecule is C[C@H]1CN(Cc2ccc(Br)cc2)C[C@H](C)O1. The van der Waals surface area contributed by atoms with Crippen molar-refractivity contribution >= 4 is 15.9 Å². The Morgan fingerprint density at radius 2 is 1.75 bits per heavy atom. The average Bonchev–Trinajstić information content (AvgIpc) is 2.20. The molecule has 1 aromatic rings. The van der Waals surface area contributed by atoms with Crippen LogP contribution in [0.25, 0.3) is 0 Å². The maximum Gasteiger partial charge on any atom is 0.0678 e. The van der Waals surface area contributed by atoms with Crippen LogP contribution < -0.4 is 0 Å². The highest BCUT2D eigenvalue weighted by molar-refractivity contribution is 9.10. The van der Waals surface area contributed by atoms with Crippen molar-refractivity contribution in [3.8, 4) is 0 Å². The monoisotopic (exact) mass is 283 g/mol. The van der Waals surface area contributed by atoms with E-state index in [-0.39, 0.29) is 0 Å². The minimum atomic E-state index is 0.346. The minimum Gasteiger partial charge on any atom is -0.373 e. The summed E-state index contributed by atoms with van der Waals surface area (Å²) in [5.74, 6) is 0. The highest BCUT2D eigenvalue weighted by Gasteiger charge is 2.21. The number of morpholine rings is 1. The van der Waals surface area contributed by atoms with Crippen molar-refractivity contribution in [1.82, 2.24) is 4.90 Å². The molecule has 16 heavy (non-hydrogen) atoms. The molecule has 0 spiro atoms. The third kappa shape index (κ3) is 3.30. The zero-order valence-electron chi connectivity index (χ0n) is 9.82. The minimum absolute atomic E-state index is 0.346. The first-order valence-corrected chi connectivity index (χ1v) is 6.55. The van der Waals surface area contributed by atoms with E-state index < -0.39 is 0 Å². The lowest BCUT2D eigenvalue weighted by atomic mass is 10.1. The van der Waals surface area contributed by atoms with E-state index in [2.05, 4.69) is 58.9 Å². The van der Waals surface area contributed by atoms with Crippen LogP contribution in [-0.4, -0.2) is 30.2 Å². The summed E-state index contributed by atoms with van der Waals surface area (Å²) in [5.41, 5.74) is 1.37. The molecule has 0 saturated carbocycles. The highest BCUT2D eigenvalue weighted by Crippen LogP contribution is 2.16. The lowest BCUT2D eigenvalue weighted by molar-refractivity contribution is -0.0704. The van der Waals surface area contributed by atoms with Crippen LogP contribution in [0.4, 0.5) is 0 Å². The maximum absolute atomic E-state index is 5.72. The van der Waals surface area contributed by atoms with E-state index >= 15 is 0 Å². The Morgan fingerprint density at radius 1 is 1.19 bits per heavy atom. The fourth-order valence-electron chi connectivity index (χ4n) is 2.26. The van der Waals surface area contributed by atoms with Crippen molar-refractivity contribution in [2.24, 2.45) is 0 Å². The molecule has 1 heterocycles. The number of ether oxygens (including phenoxy) is 1. The second kappa shape index (κ2) is 5.30. The van der Waals surface area contributed by atoms with Crippen LogP contribution in [0.2, 0.25) is 0 Å². The quantitative estimate of drug-likeness (QED) is 0.827. The lowest BCUT2D eigenvalue weighted by Crippen LogP contribution is -2.44. The first-order valence-electron chi connectivity index (χ1n) is 5.76. The van der Waals surface area contributed by atoms with Gasteiger partial charge >= 0.3 is 0 Å². The Morgan fingerprint density at radius 3 is 2.31 bits per heavy atom. The molecule has 88 valence electrons. The van der Waals surface area contributed by atoms with Gasteiger partial charge in [0.1, 0.15) is 0 Å². The van der Waals surface area contributed by atoms with Crippen LogP contribution in [0.3, 0.4) is 0 Å². The summed E-state index contributed by atoms with van der Waals surface area (Å²) in [6.45, 7) is 7.36. The molecule has 0 amide bonds. The van der Waals surface area contributed by atoms with E-state index in [1.807, 2.05) is 0 Å². The van der Waals surface area contributed by atoms with Gasteiger partial charge in [-0.1, -0.05) is 28.1 Å². The standard InChI is InChI=1S/C13H18BrNO/c1-10-7-15(8-11(2)16-10)9-12-3-5-13(14)6-4-12/h3-6,10-11H,7-9H2,1-2H3/t10-,11-/m0/s1. The van der Waals surface area contributed by atoms with Gasteiger partial charge in [-0.2, -0.15) is 0 Å². The Kier molecular flexibility index (Phi) is 4.00. The van der Waals surface area contributed by atoms with Gasteiger partial charge in [-0.25, -0.2) is 0 Å². The molecule has 0 aromatic heterocycles. The summed E-state index contributed by atoms with van der Waals surface area (Å²) in [6.07, 6.45) is 0.693. The fraction of sp³-hybridized carbons (Fsp3) is 0.538. The number of benzene rings is 1. The van der Waals surface area contributed by atoms with E-state index in [9.17, 15) is 0 Å². The van der Waals surface area contributed by atoms with Crippen molar-refractivity contribution in [3.05, 3.63) is 34.3 Å². The van der Waals surface area contributed by atoms with Gasteiger partial charge in [0.15, 0.2) is 0 Å². The van der Waals surface area contributed by atoms with Gasteiger partial charge in [-0.3, -0.25) is 4.90 Å². The van der Waals surface area contributed by atoms with Crippen molar-refractivity contribution in [3.63, 3.8) is 0 Å². The fourth-order valence-corrected chi connectivity index (χ4v) is 2.53. The second-order valence-corrected chi connectivity index (χ2v) is 5.49. The van der Waals surface area contributed by atoms with Gasteiger partial charge in [-0.15, -0.1) is 0 Å². The van der Waals surface area contributed by atoms with Crippen LogP contribution in [0.15, 0.2) is 28.7 Å². The molecular weight excluding hydrogens is 266 g/mol. The molecule has 0 aliphatic carbocycles. The summed E-state index contributed by atoms with van der Waals surface area (Å²) in [7, 11) is 0. The van der Waals surface area contributed by atoms with Gasteiger partial charge in [-0.05, 0) is 31.5 Å². The molecule has 1 fully saturated rings. The molecule has 0 N–H and O–H groups in total. The first-order chi connectivity index (χ1) is 7.63. The van der Waals surface area contributed by atoms with Gasteiger partial charge in [0.2, 0.25) is 0 Å². The summed E-state index contributed by atoms with van der Waals surface area (Å²) in [4.78, 5) is 2.46. The smallest absolute Gasteiger partial charge is 0.0678 e. The summed E-state index contributed by atoms with van der Waals surface area (Å²) in [6, 6.07) is 8.55. The van der Waals surface area contributed by atoms with Crippen molar-refractivity contribution in [1.29, 1.82) is 0 Å². The van der Waals surface area contributed by atoms with Gasteiger partial charge in [0.05, 0.1) is 12.2 Å². The average molecular weight is 284 g/mol. The summed E-state index contributed by atoms with van der Waals surface area (Å²) in [5, 5.41) is 0. The third-order valence-corrected chi connectivity index (χ3v) is 3.34. The van der Waals surface area contributed by atoms with Crippen LogP contribution in [0, 0.1) is 0 Å². The number of halogens is 1. The van der Waals surface area contributed by atoms with E-state index in [4.69, 9.17) is 4.74 Å². The normalized spacial score (nSPS) is 26.9. The topological polar surface area (TPSA) is 12.5 Å². The van der Waals surface area contributed by atoms with Crippen molar-refractivity contribution in [2.45, 2.75) is 32.6 Å². The molecule has 1 aliphatic rings. The molecule has 0 unspecified atom stereocenters. The molecule has 2 nitrogen and oxygen atoms in total. The Bertz CT molecular complexity index is 328. The molecule has 2 rings (SSSR count). The van der Waals surface area contributed by atoms with Crippen molar-refractivity contribution in [2.75, 3.05) is 13.1 Å². The predicted molar refractivity (Wildman–Crippen MR) is 69.4 cm³/mol. The van der Waals surface area contributed by atoms with Crippen LogP contribution >= 0.6 is 15.9 Å². The zero-order chi connectivity index (χ0) is 11.5. The summed E-state index contributed by atoms with van der Waals surface area (Å²) >= 11 is 3.46. The largest absolute Gasteiger partial charge is 0.373 e. The van der Waals surface area contributed by atoms with Crippen LogP contribution in [0.1, 0.15) is 19.4 Å². The number of rotatable bonds is 2. The van der Waals surface area contributed by atoms with E-state index in [0.717, 1.165) is 24.1 Å². The second-order valence-electron chi connectivity index (χ2n) is 4.58. The third-order valence-electron chi connectivity index (χ3n) is 2.81. The molecule has 1 aliphatic heterocycles. The molecule has 2 atom stereocenters. The number of hydrogen-bond acceptors (Lipinski definition) is 2. The predicted octanol–water partition coefficient (Wildman–Crippen LogP) is 3.06. The first kappa shape index (κ1) is 12.1. The van der Waals surface area contributed by atoms with Crippen LogP contribution in [0.5, 0.6) is 0 Å². The molecule has 0 bridgehead atoms. The van der Waals surface area contributed by atoms with Crippen molar-refractivity contribution < 1.29 is 4.74 Å². The molecule has 3 heteroatoms. The lowest BCUT2D eigenvalue weighted by Gasteiger charge is -2.35. The van der Waals surface area contributed by atoms with Crippen LogP contribution in [-0.2, 0) is 11.3 Å². The summed E-state index contributed by atoms with van der Waals surface area (Å²) < 4.78 is 6.86. The number of hydrogen-bond donors (Lipinski definition) is 0. The van der Waals surface area contributed by atoms with E-state index in [1.54, 1.807) is 0 Å². The van der Waals surface area contributed by atoms with E-state index in [1.165, 1.54) is 5.56 Å². The zero-order valence-corrected chi connectivity index (χ0v) is 11.4. The maximum atomic E-state index is 5.72. The molecule has 0 radical (unpaired) electrons. The van der Waals surface area contributed by atoms with Gasteiger partial charge in [0.25, 0.3) is 0 Å². The van der Waals surface area contributed by atoms with Gasteiger partial charge < -0.3 is 4.74 Å².